The molecule has 4 rings (SSSR count). The van der Waals surface area contributed by atoms with Crippen molar-refractivity contribution in [3.63, 3.8) is 0 Å². The van der Waals surface area contributed by atoms with Crippen molar-refractivity contribution in [2.24, 2.45) is 0 Å². The molecule has 6 nitrogen and oxygen atoms in total. The van der Waals surface area contributed by atoms with E-state index in [2.05, 4.69) is 26.0 Å². The van der Waals surface area contributed by atoms with Gasteiger partial charge >= 0.3 is 0 Å². The second-order valence-electron chi connectivity index (χ2n) is 6.55. The average molecular weight is 359 g/mol. The fraction of sp³-hybridized carbons (Fsp3) is 0.190. The van der Waals surface area contributed by atoms with Crippen LogP contribution in [0.25, 0.3) is 16.7 Å². The van der Waals surface area contributed by atoms with Gasteiger partial charge in [-0.1, -0.05) is 12.1 Å². The van der Waals surface area contributed by atoms with Crippen molar-refractivity contribution >= 4 is 16.9 Å². The fourth-order valence-electron chi connectivity index (χ4n) is 3.06. The van der Waals surface area contributed by atoms with E-state index in [1.807, 2.05) is 68.1 Å². The van der Waals surface area contributed by atoms with Crippen molar-refractivity contribution in [3.05, 3.63) is 78.4 Å². The molecule has 0 bridgehead atoms. The Morgan fingerprint density at radius 1 is 1.11 bits per heavy atom. The smallest absolute Gasteiger partial charge is 0.251 e. The predicted octanol–water partition coefficient (Wildman–Crippen LogP) is 3.35. The van der Waals surface area contributed by atoms with Crippen LogP contribution in [-0.2, 0) is 6.54 Å². The molecule has 0 aliphatic carbocycles. The summed E-state index contributed by atoms with van der Waals surface area (Å²) in [6.45, 7) is 3.43. The summed E-state index contributed by atoms with van der Waals surface area (Å²) in [4.78, 5) is 16.7. The quantitative estimate of drug-likeness (QED) is 0.537. The highest BCUT2D eigenvalue weighted by Gasteiger charge is 2.06. The van der Waals surface area contributed by atoms with Gasteiger partial charge in [0.05, 0.1) is 29.2 Å². The van der Waals surface area contributed by atoms with Crippen LogP contribution in [0.4, 0.5) is 0 Å². The molecule has 136 valence electrons. The Morgan fingerprint density at radius 3 is 2.70 bits per heavy atom. The van der Waals surface area contributed by atoms with Crippen molar-refractivity contribution in [1.29, 1.82) is 0 Å². The van der Waals surface area contributed by atoms with Crippen LogP contribution in [-0.4, -0.2) is 31.8 Å². The largest absolute Gasteiger partial charge is 0.352 e. The van der Waals surface area contributed by atoms with E-state index in [4.69, 9.17) is 0 Å². The lowest BCUT2D eigenvalue weighted by atomic mass is 10.2. The van der Waals surface area contributed by atoms with Gasteiger partial charge in [0.25, 0.3) is 5.91 Å². The topological polar surface area (TPSA) is 64.7 Å². The van der Waals surface area contributed by atoms with Crippen LogP contribution in [0.2, 0.25) is 0 Å². The third-order valence-corrected chi connectivity index (χ3v) is 4.49. The van der Waals surface area contributed by atoms with Gasteiger partial charge in [0.1, 0.15) is 0 Å². The van der Waals surface area contributed by atoms with E-state index in [0.717, 1.165) is 35.2 Å². The highest BCUT2D eigenvalue weighted by molar-refractivity contribution is 5.94. The summed E-state index contributed by atoms with van der Waals surface area (Å²) in [6.07, 6.45) is 6.46. The standard InChI is InChI=1S/C21H21N5O/c1-16-13-24-26(14-16)18-9-7-17(8-10-18)21(27)22-11-4-12-25-15-23-19-5-2-3-6-20(19)25/h2-3,5-10,13-15H,4,11-12H2,1H3,(H,22,27). The van der Waals surface area contributed by atoms with Crippen molar-refractivity contribution < 1.29 is 4.79 Å². The number of amides is 1. The molecule has 0 radical (unpaired) electrons. The number of nitrogens with one attached hydrogen (secondary N) is 1. The Balaban J connectivity index is 1.30. The third-order valence-electron chi connectivity index (χ3n) is 4.49. The number of fused-ring (bicyclic) bond motifs is 1. The van der Waals surface area contributed by atoms with Crippen LogP contribution in [0, 0.1) is 6.92 Å². The van der Waals surface area contributed by atoms with Crippen molar-refractivity contribution in [2.75, 3.05) is 6.54 Å². The van der Waals surface area contributed by atoms with Crippen LogP contribution in [0.3, 0.4) is 0 Å². The number of hydrogen-bond donors (Lipinski definition) is 1. The molecule has 2 aromatic heterocycles. The normalized spacial score (nSPS) is 11.0. The van der Waals surface area contributed by atoms with E-state index in [1.54, 1.807) is 4.68 Å². The third kappa shape index (κ3) is 3.74. The zero-order valence-electron chi connectivity index (χ0n) is 15.2. The van der Waals surface area contributed by atoms with E-state index in [9.17, 15) is 4.79 Å². The summed E-state index contributed by atoms with van der Waals surface area (Å²) in [7, 11) is 0. The molecule has 0 spiro atoms. The number of aromatic nitrogens is 4. The van der Waals surface area contributed by atoms with Gasteiger partial charge in [-0.05, 0) is 55.3 Å². The second kappa shape index (κ2) is 7.45. The molecule has 0 aliphatic rings. The minimum atomic E-state index is -0.0614. The molecule has 1 N–H and O–H groups in total. The first-order valence-electron chi connectivity index (χ1n) is 9.00. The number of rotatable bonds is 6. The Hall–Kier alpha value is -3.41. The van der Waals surface area contributed by atoms with Gasteiger partial charge in [-0.2, -0.15) is 5.10 Å². The number of carbonyl (C=O) groups excluding carboxylic acids is 1. The van der Waals surface area contributed by atoms with Crippen LogP contribution >= 0.6 is 0 Å². The van der Waals surface area contributed by atoms with E-state index < -0.39 is 0 Å². The van der Waals surface area contributed by atoms with Gasteiger partial charge in [0, 0.05) is 24.8 Å². The minimum Gasteiger partial charge on any atom is -0.352 e. The zero-order chi connectivity index (χ0) is 18.6. The maximum absolute atomic E-state index is 12.3. The van der Waals surface area contributed by atoms with E-state index in [0.29, 0.717) is 12.1 Å². The zero-order valence-corrected chi connectivity index (χ0v) is 15.2. The molecule has 2 heterocycles. The molecular formula is C21H21N5O. The predicted molar refractivity (Wildman–Crippen MR) is 105 cm³/mol. The first-order valence-corrected chi connectivity index (χ1v) is 9.00. The summed E-state index contributed by atoms with van der Waals surface area (Å²) in [5.41, 5.74) is 4.80. The number of benzene rings is 2. The van der Waals surface area contributed by atoms with Gasteiger partial charge in [-0.15, -0.1) is 0 Å². The van der Waals surface area contributed by atoms with Crippen LogP contribution in [0.15, 0.2) is 67.3 Å². The molecule has 0 saturated heterocycles. The van der Waals surface area contributed by atoms with Crippen molar-refractivity contribution in [3.8, 4) is 5.69 Å². The first kappa shape index (κ1) is 17.0. The molecular weight excluding hydrogens is 338 g/mol. The lowest BCUT2D eigenvalue weighted by Crippen LogP contribution is -2.25. The highest BCUT2D eigenvalue weighted by atomic mass is 16.1. The average Bonchev–Trinajstić information content (AvgIpc) is 3.32. The SMILES string of the molecule is Cc1cnn(-c2ccc(C(=O)NCCCn3cnc4ccccc43)cc2)c1. The number of aryl methyl sites for hydroxylation is 2. The Bertz CT molecular complexity index is 1060. The maximum atomic E-state index is 12.3. The molecule has 27 heavy (non-hydrogen) atoms. The molecule has 4 aromatic rings. The minimum absolute atomic E-state index is 0.0614. The Kier molecular flexibility index (Phi) is 4.70. The maximum Gasteiger partial charge on any atom is 0.251 e. The number of para-hydroxylation sites is 2. The van der Waals surface area contributed by atoms with Gasteiger partial charge in [0.15, 0.2) is 0 Å². The summed E-state index contributed by atoms with van der Waals surface area (Å²) in [5, 5.41) is 7.25. The van der Waals surface area contributed by atoms with E-state index in [1.165, 1.54) is 0 Å². The molecule has 0 aliphatic heterocycles. The molecule has 0 saturated carbocycles. The lowest BCUT2D eigenvalue weighted by molar-refractivity contribution is 0.0953. The number of hydrogen-bond acceptors (Lipinski definition) is 3. The van der Waals surface area contributed by atoms with Crippen LogP contribution in [0.5, 0.6) is 0 Å². The monoisotopic (exact) mass is 359 g/mol. The van der Waals surface area contributed by atoms with Gasteiger partial charge < -0.3 is 9.88 Å². The van der Waals surface area contributed by atoms with Crippen molar-refractivity contribution in [2.45, 2.75) is 19.9 Å². The molecule has 0 fully saturated rings. The van der Waals surface area contributed by atoms with Crippen LogP contribution in [0.1, 0.15) is 22.3 Å². The fourth-order valence-corrected chi connectivity index (χ4v) is 3.06. The Labute approximate surface area is 157 Å². The van der Waals surface area contributed by atoms with Crippen LogP contribution < -0.4 is 5.32 Å². The van der Waals surface area contributed by atoms with Gasteiger partial charge in [0.2, 0.25) is 0 Å². The first-order chi connectivity index (χ1) is 13.2. The highest BCUT2D eigenvalue weighted by Crippen LogP contribution is 2.12. The summed E-state index contributed by atoms with van der Waals surface area (Å²) in [6, 6.07) is 15.5. The second-order valence-corrected chi connectivity index (χ2v) is 6.55. The number of imidazole rings is 1. The molecule has 1 amide bonds. The number of carbonyl (C=O) groups is 1. The number of nitrogens with zero attached hydrogens (tertiary/aromatic N) is 4. The van der Waals surface area contributed by atoms with Gasteiger partial charge in [-0.25, -0.2) is 9.67 Å². The molecule has 0 atom stereocenters. The lowest BCUT2D eigenvalue weighted by Gasteiger charge is -2.08. The summed E-state index contributed by atoms with van der Waals surface area (Å²) < 4.78 is 3.91. The molecule has 6 heteroatoms. The molecule has 2 aromatic carbocycles. The van der Waals surface area contributed by atoms with Gasteiger partial charge in [-0.3, -0.25) is 4.79 Å². The summed E-state index contributed by atoms with van der Waals surface area (Å²) >= 11 is 0. The van der Waals surface area contributed by atoms with E-state index >= 15 is 0 Å². The van der Waals surface area contributed by atoms with Crippen molar-refractivity contribution in [1.82, 2.24) is 24.6 Å². The van der Waals surface area contributed by atoms with E-state index in [-0.39, 0.29) is 5.91 Å². The summed E-state index contributed by atoms with van der Waals surface area (Å²) in [5.74, 6) is -0.0614. The Morgan fingerprint density at radius 2 is 1.93 bits per heavy atom. The molecule has 0 unspecified atom stereocenters.